The summed E-state index contributed by atoms with van der Waals surface area (Å²) >= 11 is 1.66. The first-order valence-corrected chi connectivity index (χ1v) is 10.8. The monoisotopic (exact) mass is 410 g/mol. The number of hydrogen-bond donors (Lipinski definition) is 1. The minimum absolute atomic E-state index is 0.215. The van der Waals surface area contributed by atoms with E-state index >= 15 is 0 Å². The van der Waals surface area contributed by atoms with Crippen LogP contribution in [0.15, 0.2) is 69.8 Å². The number of benzene rings is 2. The normalized spacial score (nSPS) is 15.5. The maximum absolute atomic E-state index is 13.0. The predicted molar refractivity (Wildman–Crippen MR) is 111 cm³/mol. The average Bonchev–Trinajstić information content (AvgIpc) is 3.22. The minimum atomic E-state index is -1.49. The molecular weight excluding hydrogens is 392 g/mol. The first kappa shape index (κ1) is 18.6. The van der Waals surface area contributed by atoms with E-state index in [0.717, 1.165) is 6.42 Å². The van der Waals surface area contributed by atoms with Crippen LogP contribution in [0.5, 0.6) is 0 Å². The largest absolute Gasteiger partial charge is 0.352 e. The zero-order chi connectivity index (χ0) is 19.7. The quantitative estimate of drug-likeness (QED) is 0.716. The van der Waals surface area contributed by atoms with Gasteiger partial charge in [-0.05, 0) is 48.2 Å². The van der Waals surface area contributed by atoms with E-state index in [1.165, 1.54) is 9.78 Å². The van der Waals surface area contributed by atoms with E-state index in [1.807, 2.05) is 17.5 Å². The van der Waals surface area contributed by atoms with Gasteiger partial charge < -0.3 is 10.2 Å². The van der Waals surface area contributed by atoms with Crippen molar-refractivity contribution in [3.8, 4) is 0 Å². The number of carbonyl (C=O) groups is 2. The molecule has 0 bridgehead atoms. The molecule has 28 heavy (non-hydrogen) atoms. The summed E-state index contributed by atoms with van der Waals surface area (Å²) in [5.74, 6) is -0.453. The Bertz CT molecular complexity index is 1080. The number of nitrogens with zero attached hydrogens (tertiary/aromatic N) is 1. The van der Waals surface area contributed by atoms with Crippen molar-refractivity contribution in [1.29, 1.82) is 0 Å². The van der Waals surface area contributed by atoms with Gasteiger partial charge in [0.1, 0.15) is 0 Å². The van der Waals surface area contributed by atoms with Crippen molar-refractivity contribution in [2.24, 2.45) is 0 Å². The summed E-state index contributed by atoms with van der Waals surface area (Å²) in [6.07, 6.45) is 0.770. The molecule has 3 aromatic rings. The fraction of sp³-hybridized carbons (Fsp3) is 0.143. The average molecular weight is 411 g/mol. The number of hydrogen-bond acceptors (Lipinski definition) is 4. The zero-order valence-corrected chi connectivity index (χ0v) is 16.8. The molecule has 1 aliphatic heterocycles. The molecule has 0 aliphatic carbocycles. The summed E-state index contributed by atoms with van der Waals surface area (Å²) in [5.41, 5.74) is 1.35. The second-order valence-electron chi connectivity index (χ2n) is 6.40. The molecule has 5 nitrogen and oxygen atoms in total. The van der Waals surface area contributed by atoms with Crippen LogP contribution in [-0.2, 0) is 17.2 Å². The standard InChI is InChI=1S/C21H18N2O3S2/c1-23-17-13-14(20(24)22-11-10-15-5-4-12-27-15)8-9-19(17)28(26)18-7-3-2-6-16(18)21(23)25/h2-9,12-13H,10-11H2,1H3,(H,22,24). The smallest absolute Gasteiger partial charge is 0.259 e. The first-order chi connectivity index (χ1) is 13.6. The van der Waals surface area contributed by atoms with Crippen molar-refractivity contribution in [2.75, 3.05) is 18.5 Å². The molecule has 4 rings (SSSR count). The van der Waals surface area contributed by atoms with Gasteiger partial charge in [-0.15, -0.1) is 11.3 Å². The Labute approximate surface area is 169 Å². The van der Waals surface area contributed by atoms with Crippen LogP contribution in [-0.4, -0.2) is 29.6 Å². The van der Waals surface area contributed by atoms with Crippen molar-refractivity contribution in [3.05, 3.63) is 76.0 Å². The van der Waals surface area contributed by atoms with E-state index in [-0.39, 0.29) is 11.8 Å². The highest BCUT2D eigenvalue weighted by atomic mass is 32.2. The molecule has 1 aromatic heterocycles. The maximum atomic E-state index is 13.0. The Morgan fingerprint density at radius 1 is 1.11 bits per heavy atom. The van der Waals surface area contributed by atoms with Gasteiger partial charge in [0.25, 0.3) is 11.8 Å². The van der Waals surface area contributed by atoms with Crippen LogP contribution in [0.2, 0.25) is 0 Å². The van der Waals surface area contributed by atoms with Gasteiger partial charge in [-0.2, -0.15) is 0 Å². The third-order valence-corrected chi connectivity index (χ3v) is 7.08. The van der Waals surface area contributed by atoms with Crippen LogP contribution in [0.3, 0.4) is 0 Å². The lowest BCUT2D eigenvalue weighted by Crippen LogP contribution is -2.28. The van der Waals surface area contributed by atoms with Crippen LogP contribution >= 0.6 is 11.3 Å². The number of rotatable bonds is 4. The fourth-order valence-electron chi connectivity index (χ4n) is 3.15. The predicted octanol–water partition coefficient (Wildman–Crippen LogP) is 3.48. The zero-order valence-electron chi connectivity index (χ0n) is 15.2. The molecule has 1 unspecified atom stereocenters. The van der Waals surface area contributed by atoms with Gasteiger partial charge in [0, 0.05) is 24.0 Å². The van der Waals surface area contributed by atoms with E-state index in [4.69, 9.17) is 0 Å². The fourth-order valence-corrected chi connectivity index (χ4v) is 5.23. The Morgan fingerprint density at radius 2 is 1.93 bits per heavy atom. The summed E-state index contributed by atoms with van der Waals surface area (Å²) in [7, 11) is 0.149. The maximum Gasteiger partial charge on any atom is 0.259 e. The number of thiophene rings is 1. The highest BCUT2D eigenvalue weighted by molar-refractivity contribution is 7.85. The molecule has 2 amide bonds. The second-order valence-corrected chi connectivity index (χ2v) is 8.85. The third kappa shape index (κ3) is 3.39. The second kappa shape index (κ2) is 7.69. The van der Waals surface area contributed by atoms with Crippen LogP contribution in [0.25, 0.3) is 0 Å². The van der Waals surface area contributed by atoms with Crippen molar-refractivity contribution in [2.45, 2.75) is 16.2 Å². The molecular formula is C21H18N2O3S2. The van der Waals surface area contributed by atoms with Crippen molar-refractivity contribution >= 4 is 39.6 Å². The van der Waals surface area contributed by atoms with E-state index < -0.39 is 10.8 Å². The number of anilines is 1. The molecule has 1 N–H and O–H groups in total. The van der Waals surface area contributed by atoms with Crippen molar-refractivity contribution < 1.29 is 13.8 Å². The molecule has 2 heterocycles. The highest BCUT2D eigenvalue weighted by Gasteiger charge is 2.29. The number of fused-ring (bicyclic) bond motifs is 2. The van der Waals surface area contributed by atoms with Crippen LogP contribution < -0.4 is 10.2 Å². The number of nitrogens with one attached hydrogen (secondary N) is 1. The summed E-state index contributed by atoms with van der Waals surface area (Å²) in [5, 5.41) is 4.91. The summed E-state index contributed by atoms with van der Waals surface area (Å²) < 4.78 is 13.0. The summed E-state index contributed by atoms with van der Waals surface area (Å²) in [4.78, 5) is 29.1. The molecule has 0 spiro atoms. The molecule has 1 aliphatic rings. The van der Waals surface area contributed by atoms with Crippen LogP contribution in [0, 0.1) is 0 Å². The van der Waals surface area contributed by atoms with Gasteiger partial charge >= 0.3 is 0 Å². The van der Waals surface area contributed by atoms with Crippen molar-refractivity contribution in [1.82, 2.24) is 5.32 Å². The molecule has 0 saturated carbocycles. The van der Waals surface area contributed by atoms with Gasteiger partial charge in [0.15, 0.2) is 0 Å². The lowest BCUT2D eigenvalue weighted by atomic mass is 10.1. The Hall–Kier alpha value is -2.77. The lowest BCUT2D eigenvalue weighted by Gasteiger charge is -2.18. The highest BCUT2D eigenvalue weighted by Crippen LogP contribution is 2.34. The van der Waals surface area contributed by atoms with Gasteiger partial charge in [0.2, 0.25) is 0 Å². The van der Waals surface area contributed by atoms with E-state index in [1.54, 1.807) is 60.8 Å². The molecule has 2 aromatic carbocycles. The molecule has 1 atom stereocenters. The Morgan fingerprint density at radius 3 is 2.71 bits per heavy atom. The summed E-state index contributed by atoms with van der Waals surface area (Å²) in [6.45, 7) is 0.530. The minimum Gasteiger partial charge on any atom is -0.352 e. The molecule has 7 heteroatoms. The molecule has 0 saturated heterocycles. The SMILES string of the molecule is CN1C(=O)c2ccccc2S(=O)c2ccc(C(=O)NCCc3cccs3)cc21. The van der Waals surface area contributed by atoms with Gasteiger partial charge in [-0.1, -0.05) is 18.2 Å². The molecule has 0 fully saturated rings. The third-order valence-electron chi connectivity index (χ3n) is 4.64. The first-order valence-electron chi connectivity index (χ1n) is 8.80. The lowest BCUT2D eigenvalue weighted by molar-refractivity contribution is 0.0951. The molecule has 0 radical (unpaired) electrons. The van der Waals surface area contributed by atoms with Crippen LogP contribution in [0.4, 0.5) is 5.69 Å². The number of amides is 2. The van der Waals surface area contributed by atoms with Gasteiger partial charge in [0.05, 0.1) is 31.8 Å². The Balaban J connectivity index is 1.60. The van der Waals surface area contributed by atoms with Gasteiger partial charge in [-0.3, -0.25) is 9.59 Å². The van der Waals surface area contributed by atoms with Crippen molar-refractivity contribution in [3.63, 3.8) is 0 Å². The molecule has 142 valence electrons. The van der Waals surface area contributed by atoms with E-state index in [0.29, 0.717) is 33.2 Å². The summed E-state index contributed by atoms with van der Waals surface area (Å²) in [6, 6.07) is 15.9. The van der Waals surface area contributed by atoms with Crippen LogP contribution in [0.1, 0.15) is 25.6 Å². The number of carbonyl (C=O) groups excluding carboxylic acids is 2. The van der Waals surface area contributed by atoms with Gasteiger partial charge in [-0.25, -0.2) is 4.21 Å². The Kier molecular flexibility index (Phi) is 5.11. The van der Waals surface area contributed by atoms with E-state index in [2.05, 4.69) is 5.32 Å². The van der Waals surface area contributed by atoms with E-state index in [9.17, 15) is 13.8 Å². The topological polar surface area (TPSA) is 66.5 Å².